The van der Waals surface area contributed by atoms with Crippen LogP contribution in [0, 0.1) is 6.92 Å². The van der Waals surface area contributed by atoms with Crippen molar-refractivity contribution in [3.63, 3.8) is 0 Å². The van der Waals surface area contributed by atoms with Crippen molar-refractivity contribution in [3.05, 3.63) is 53.5 Å². The molecule has 0 spiro atoms. The fourth-order valence-electron chi connectivity index (χ4n) is 2.37. The smallest absolute Gasteiger partial charge is 0.424 e. The standard InChI is InChI=1S/C17H18F3NO5S/c1-11-3-8-14(26-11)16(23,17(18,19)20)9-10-21-15(22)12-4-6-13(7-5-12)27(2,24)25/h3-8,23H,9-10H2,1-2H3,(H,21,22)/t16-/m1/s1. The minimum atomic E-state index is -5.00. The average Bonchev–Trinajstić information content (AvgIpc) is 2.99. The summed E-state index contributed by atoms with van der Waals surface area (Å²) in [6.45, 7) is 0.963. The number of carbonyl (C=O) groups is 1. The Hall–Kier alpha value is -2.33. The number of amides is 1. The Morgan fingerprint density at radius 1 is 1.15 bits per heavy atom. The van der Waals surface area contributed by atoms with Gasteiger partial charge < -0.3 is 14.8 Å². The molecule has 0 aliphatic heterocycles. The maximum atomic E-state index is 13.3. The van der Waals surface area contributed by atoms with Crippen molar-refractivity contribution in [3.8, 4) is 0 Å². The highest BCUT2D eigenvalue weighted by molar-refractivity contribution is 7.90. The van der Waals surface area contributed by atoms with E-state index in [1.54, 1.807) is 0 Å². The van der Waals surface area contributed by atoms with Crippen LogP contribution in [0.25, 0.3) is 0 Å². The van der Waals surface area contributed by atoms with E-state index >= 15 is 0 Å². The predicted molar refractivity (Wildman–Crippen MR) is 89.9 cm³/mol. The van der Waals surface area contributed by atoms with Crippen LogP contribution in [0.1, 0.15) is 28.3 Å². The van der Waals surface area contributed by atoms with E-state index in [2.05, 4.69) is 5.32 Å². The lowest BCUT2D eigenvalue weighted by Crippen LogP contribution is -2.44. The summed E-state index contributed by atoms with van der Waals surface area (Å²) in [7, 11) is -3.43. The summed E-state index contributed by atoms with van der Waals surface area (Å²) in [4.78, 5) is 12.0. The van der Waals surface area contributed by atoms with Crippen LogP contribution in [0.4, 0.5) is 13.2 Å². The summed E-state index contributed by atoms with van der Waals surface area (Å²) in [5.74, 6) is -1.14. The van der Waals surface area contributed by atoms with E-state index in [1.807, 2.05) is 0 Å². The van der Waals surface area contributed by atoms with Gasteiger partial charge in [-0.3, -0.25) is 4.79 Å². The lowest BCUT2D eigenvalue weighted by atomic mass is 9.95. The van der Waals surface area contributed by atoms with Crippen molar-refractivity contribution in [1.29, 1.82) is 0 Å². The maximum Gasteiger partial charge on any atom is 0.424 e. The first-order valence-electron chi connectivity index (χ1n) is 7.79. The van der Waals surface area contributed by atoms with E-state index in [1.165, 1.54) is 37.3 Å². The average molecular weight is 405 g/mol. The first kappa shape index (κ1) is 21.0. The number of rotatable bonds is 6. The summed E-state index contributed by atoms with van der Waals surface area (Å²) in [5.41, 5.74) is -3.17. The number of furan rings is 1. The molecule has 0 aliphatic rings. The summed E-state index contributed by atoms with van der Waals surface area (Å²) >= 11 is 0. The third-order valence-corrected chi connectivity index (χ3v) is 5.06. The number of benzene rings is 1. The summed E-state index contributed by atoms with van der Waals surface area (Å²) < 4.78 is 67.7. The zero-order valence-corrected chi connectivity index (χ0v) is 15.3. The Morgan fingerprint density at radius 2 is 1.74 bits per heavy atom. The van der Waals surface area contributed by atoms with Gasteiger partial charge in [0, 0.05) is 24.8 Å². The molecule has 27 heavy (non-hydrogen) atoms. The molecule has 0 fully saturated rings. The number of halogens is 3. The largest absolute Gasteiger partial charge is 0.463 e. The molecule has 0 radical (unpaired) electrons. The van der Waals surface area contributed by atoms with Gasteiger partial charge in [0.05, 0.1) is 4.90 Å². The first-order valence-corrected chi connectivity index (χ1v) is 9.68. The van der Waals surface area contributed by atoms with E-state index in [9.17, 15) is 31.5 Å². The SMILES string of the molecule is Cc1ccc([C@](O)(CCNC(=O)c2ccc(S(C)(=O)=O)cc2)C(F)(F)F)o1. The number of hydrogen-bond acceptors (Lipinski definition) is 5. The number of aliphatic hydroxyl groups is 1. The monoisotopic (exact) mass is 405 g/mol. The summed E-state index contributed by atoms with van der Waals surface area (Å²) in [6.07, 6.45) is -4.84. The molecule has 1 aromatic heterocycles. The second-order valence-electron chi connectivity index (χ2n) is 6.07. The Bertz CT molecular complexity index is 919. The van der Waals surface area contributed by atoms with E-state index in [0.717, 1.165) is 12.3 Å². The van der Waals surface area contributed by atoms with E-state index in [-0.39, 0.29) is 16.2 Å². The van der Waals surface area contributed by atoms with Crippen molar-refractivity contribution >= 4 is 15.7 Å². The number of aryl methyl sites for hydroxylation is 1. The van der Waals surface area contributed by atoms with Crippen LogP contribution in [0.5, 0.6) is 0 Å². The van der Waals surface area contributed by atoms with Crippen LogP contribution < -0.4 is 5.32 Å². The third-order valence-electron chi connectivity index (χ3n) is 3.93. The van der Waals surface area contributed by atoms with Crippen molar-refractivity contribution in [1.82, 2.24) is 5.32 Å². The van der Waals surface area contributed by atoms with Gasteiger partial charge in [0.2, 0.25) is 5.60 Å². The van der Waals surface area contributed by atoms with Crippen LogP contribution in [0.3, 0.4) is 0 Å². The molecule has 2 aromatic rings. The number of sulfone groups is 1. The lowest BCUT2D eigenvalue weighted by Gasteiger charge is -2.28. The molecule has 1 aromatic carbocycles. The fourth-order valence-corrected chi connectivity index (χ4v) is 3.00. The van der Waals surface area contributed by atoms with Crippen molar-refractivity contribution in [2.24, 2.45) is 0 Å². The van der Waals surface area contributed by atoms with Crippen LogP contribution in [-0.2, 0) is 15.4 Å². The molecule has 0 aliphatic carbocycles. The molecule has 6 nitrogen and oxygen atoms in total. The van der Waals surface area contributed by atoms with Gasteiger partial charge in [-0.05, 0) is 43.3 Å². The molecular formula is C17H18F3NO5S. The molecule has 2 rings (SSSR count). The highest BCUT2D eigenvalue weighted by atomic mass is 32.2. The van der Waals surface area contributed by atoms with Crippen LogP contribution >= 0.6 is 0 Å². The van der Waals surface area contributed by atoms with Gasteiger partial charge in [-0.25, -0.2) is 8.42 Å². The highest BCUT2D eigenvalue weighted by Gasteiger charge is 2.56. The molecule has 1 amide bonds. The molecule has 1 heterocycles. The quantitative estimate of drug-likeness (QED) is 0.770. The molecule has 2 N–H and O–H groups in total. The minimum Gasteiger partial charge on any atom is -0.463 e. The van der Waals surface area contributed by atoms with E-state index < -0.39 is 46.2 Å². The van der Waals surface area contributed by atoms with E-state index in [4.69, 9.17) is 4.42 Å². The third kappa shape index (κ3) is 4.69. The second-order valence-corrected chi connectivity index (χ2v) is 8.09. The topological polar surface area (TPSA) is 96.6 Å². The molecule has 148 valence electrons. The zero-order chi connectivity index (χ0) is 20.5. The van der Waals surface area contributed by atoms with E-state index in [0.29, 0.717) is 0 Å². The normalized spacial score (nSPS) is 14.6. The molecule has 0 saturated heterocycles. The number of hydrogen-bond donors (Lipinski definition) is 2. The van der Waals surface area contributed by atoms with Crippen molar-refractivity contribution < 1.29 is 35.9 Å². The Kier molecular flexibility index (Phi) is 5.71. The molecular weight excluding hydrogens is 387 g/mol. The van der Waals surface area contributed by atoms with Crippen molar-refractivity contribution in [2.75, 3.05) is 12.8 Å². The van der Waals surface area contributed by atoms with Gasteiger partial charge in [0.15, 0.2) is 9.84 Å². The molecule has 0 unspecified atom stereocenters. The van der Waals surface area contributed by atoms with Gasteiger partial charge in [0.25, 0.3) is 5.91 Å². The Morgan fingerprint density at radius 3 is 2.19 bits per heavy atom. The van der Waals surface area contributed by atoms with Crippen LogP contribution in [-0.4, -0.2) is 38.4 Å². The van der Waals surface area contributed by atoms with Gasteiger partial charge in [-0.2, -0.15) is 13.2 Å². The van der Waals surface area contributed by atoms with Gasteiger partial charge in [-0.15, -0.1) is 0 Å². The minimum absolute atomic E-state index is 0.0127. The predicted octanol–water partition coefficient (Wildman–Crippen LogP) is 2.56. The molecule has 10 heteroatoms. The van der Waals surface area contributed by atoms with Crippen LogP contribution in [0.15, 0.2) is 45.7 Å². The Labute approximate surface area is 153 Å². The fraction of sp³-hybridized carbons (Fsp3) is 0.353. The second kappa shape index (κ2) is 7.35. The van der Waals surface area contributed by atoms with Crippen molar-refractivity contribution in [2.45, 2.75) is 30.0 Å². The van der Waals surface area contributed by atoms with Gasteiger partial charge >= 0.3 is 6.18 Å². The number of carbonyl (C=O) groups excluding carboxylic acids is 1. The Balaban J connectivity index is 2.07. The van der Waals surface area contributed by atoms with Crippen LogP contribution in [0.2, 0.25) is 0 Å². The highest BCUT2D eigenvalue weighted by Crippen LogP contribution is 2.42. The summed E-state index contributed by atoms with van der Waals surface area (Å²) in [6, 6.07) is 7.28. The molecule has 1 atom stereocenters. The zero-order valence-electron chi connectivity index (χ0n) is 14.5. The van der Waals surface area contributed by atoms with Gasteiger partial charge in [-0.1, -0.05) is 0 Å². The summed E-state index contributed by atoms with van der Waals surface area (Å²) in [5, 5.41) is 12.4. The molecule has 0 saturated carbocycles. The first-order chi connectivity index (χ1) is 12.3. The number of nitrogens with one attached hydrogen (secondary N) is 1. The molecule has 0 bridgehead atoms. The number of alkyl halides is 3. The lowest BCUT2D eigenvalue weighted by molar-refractivity contribution is -0.274. The van der Waals surface area contributed by atoms with Gasteiger partial charge in [0.1, 0.15) is 11.5 Å². The maximum absolute atomic E-state index is 13.3.